The summed E-state index contributed by atoms with van der Waals surface area (Å²) in [5, 5.41) is 14.6. The summed E-state index contributed by atoms with van der Waals surface area (Å²) >= 11 is 0. The number of para-hydroxylation sites is 2. The molecule has 2 aromatic carbocycles. The van der Waals surface area contributed by atoms with Gasteiger partial charge in [0.05, 0.1) is 25.6 Å². The second-order valence-corrected chi connectivity index (χ2v) is 5.60. The van der Waals surface area contributed by atoms with Crippen molar-refractivity contribution in [2.24, 2.45) is 0 Å². The summed E-state index contributed by atoms with van der Waals surface area (Å²) in [6, 6.07) is 7.94. The summed E-state index contributed by atoms with van der Waals surface area (Å²) in [7, 11) is 2.37. The second kappa shape index (κ2) is 6.01. The topological polar surface area (TPSA) is 79.8 Å². The van der Waals surface area contributed by atoms with E-state index < -0.39 is 28.9 Å². The molecule has 0 bridgehead atoms. The van der Waals surface area contributed by atoms with Crippen LogP contribution in [0.15, 0.2) is 36.4 Å². The van der Waals surface area contributed by atoms with Crippen LogP contribution in [0.25, 0.3) is 0 Å². The zero-order valence-electron chi connectivity index (χ0n) is 13.8. The minimum atomic E-state index is -5.00. The van der Waals surface area contributed by atoms with Gasteiger partial charge in [0.1, 0.15) is 0 Å². The Kier molecular flexibility index (Phi) is 4.09. The van der Waals surface area contributed by atoms with Crippen LogP contribution in [0.4, 0.5) is 24.5 Å². The number of hydrogen-bond donors (Lipinski definition) is 3. The number of ether oxygens (including phenoxy) is 2. The smallest absolute Gasteiger partial charge is 0.424 e. The maximum Gasteiger partial charge on any atom is 0.424 e. The Bertz CT molecular complexity index is 844. The predicted octanol–water partition coefficient (Wildman–Crippen LogP) is 3.23. The zero-order chi connectivity index (χ0) is 19.1. The van der Waals surface area contributed by atoms with E-state index in [9.17, 15) is 23.1 Å². The Morgan fingerprint density at radius 1 is 1.04 bits per heavy atom. The summed E-state index contributed by atoms with van der Waals surface area (Å²) in [5.74, 6) is -2.28. The van der Waals surface area contributed by atoms with Gasteiger partial charge in [0.2, 0.25) is 11.3 Å². The van der Waals surface area contributed by atoms with E-state index in [1.165, 1.54) is 26.4 Å². The van der Waals surface area contributed by atoms with Crippen LogP contribution in [0, 0.1) is 0 Å². The monoisotopic (exact) mass is 368 g/mol. The molecule has 1 aliphatic heterocycles. The maximum atomic E-state index is 14.1. The van der Waals surface area contributed by atoms with Crippen molar-refractivity contribution in [3.05, 3.63) is 42.0 Å². The molecule has 9 heteroatoms. The van der Waals surface area contributed by atoms with Gasteiger partial charge < -0.3 is 25.2 Å². The lowest BCUT2D eigenvalue weighted by Gasteiger charge is -2.40. The number of rotatable bonds is 3. The van der Waals surface area contributed by atoms with Crippen LogP contribution in [0.3, 0.4) is 0 Å². The van der Waals surface area contributed by atoms with Crippen LogP contribution in [0.2, 0.25) is 0 Å². The zero-order valence-corrected chi connectivity index (χ0v) is 13.8. The molecule has 138 valence electrons. The predicted molar refractivity (Wildman–Crippen MR) is 87.6 cm³/mol. The fourth-order valence-corrected chi connectivity index (χ4v) is 2.85. The van der Waals surface area contributed by atoms with E-state index in [-0.39, 0.29) is 22.9 Å². The molecule has 0 unspecified atom stereocenters. The summed E-state index contributed by atoms with van der Waals surface area (Å²) in [4.78, 5) is 12.6. The number of methoxy groups -OCH3 is 2. The fourth-order valence-electron chi connectivity index (χ4n) is 2.85. The van der Waals surface area contributed by atoms with Crippen molar-refractivity contribution in [2.75, 3.05) is 24.9 Å². The highest BCUT2D eigenvalue weighted by Crippen LogP contribution is 2.49. The van der Waals surface area contributed by atoms with Crippen LogP contribution in [-0.4, -0.2) is 31.4 Å². The summed E-state index contributed by atoms with van der Waals surface area (Å²) in [6.07, 6.45) is -5.00. The second-order valence-electron chi connectivity index (χ2n) is 5.60. The molecule has 0 saturated heterocycles. The Balaban J connectivity index is 2.28. The van der Waals surface area contributed by atoms with Gasteiger partial charge in [0, 0.05) is 5.56 Å². The van der Waals surface area contributed by atoms with Gasteiger partial charge in [-0.15, -0.1) is 0 Å². The van der Waals surface area contributed by atoms with E-state index in [2.05, 4.69) is 10.6 Å². The molecule has 0 aromatic heterocycles. The first-order valence-electron chi connectivity index (χ1n) is 7.45. The molecule has 0 fully saturated rings. The van der Waals surface area contributed by atoms with Crippen LogP contribution in [-0.2, 0) is 10.3 Å². The number of carbonyl (C=O) groups excluding carboxylic acids is 1. The minimum absolute atomic E-state index is 0.107. The molecule has 0 saturated carbocycles. The number of aromatic hydroxyl groups is 1. The number of halogens is 3. The Labute approximate surface area is 146 Å². The van der Waals surface area contributed by atoms with Gasteiger partial charge >= 0.3 is 6.18 Å². The van der Waals surface area contributed by atoms with E-state index >= 15 is 0 Å². The summed E-state index contributed by atoms with van der Waals surface area (Å²) in [5.41, 5.74) is -3.23. The average Bonchev–Trinajstić information content (AvgIpc) is 2.60. The molecule has 1 aliphatic rings. The number of anilines is 2. The van der Waals surface area contributed by atoms with Crippen molar-refractivity contribution < 1.29 is 32.5 Å². The van der Waals surface area contributed by atoms with Gasteiger partial charge in [-0.1, -0.05) is 12.1 Å². The minimum Gasteiger partial charge on any atom is -0.502 e. The molecule has 0 spiro atoms. The quantitative estimate of drug-likeness (QED) is 0.775. The van der Waals surface area contributed by atoms with Crippen LogP contribution >= 0.6 is 0 Å². The number of alkyl halides is 3. The average molecular weight is 368 g/mol. The molecule has 1 heterocycles. The highest BCUT2D eigenvalue weighted by Gasteiger charge is 2.63. The van der Waals surface area contributed by atoms with E-state index in [0.717, 1.165) is 12.1 Å². The van der Waals surface area contributed by atoms with Crippen molar-refractivity contribution in [3.63, 3.8) is 0 Å². The molecule has 3 N–H and O–H groups in total. The Hall–Kier alpha value is -3.10. The van der Waals surface area contributed by atoms with E-state index in [1.54, 1.807) is 12.1 Å². The van der Waals surface area contributed by atoms with Crippen LogP contribution in [0.5, 0.6) is 17.2 Å². The van der Waals surface area contributed by atoms with Gasteiger partial charge in [-0.2, -0.15) is 13.2 Å². The Morgan fingerprint density at radius 2 is 1.58 bits per heavy atom. The first-order valence-corrected chi connectivity index (χ1v) is 7.45. The van der Waals surface area contributed by atoms with Crippen molar-refractivity contribution in [1.82, 2.24) is 0 Å². The van der Waals surface area contributed by atoms with Gasteiger partial charge in [-0.25, -0.2) is 0 Å². The lowest BCUT2D eigenvalue weighted by atomic mass is 9.85. The number of benzene rings is 2. The molecular formula is C17H15F3N2O4. The number of phenolic OH excluding ortho intramolecular Hbond substituents is 1. The molecule has 3 rings (SSSR count). The molecular weight excluding hydrogens is 353 g/mol. The van der Waals surface area contributed by atoms with Gasteiger partial charge in [0.25, 0.3) is 5.91 Å². The number of nitrogens with one attached hydrogen (secondary N) is 2. The van der Waals surface area contributed by atoms with E-state index in [4.69, 9.17) is 9.47 Å². The first kappa shape index (κ1) is 17.7. The number of amides is 1. The summed E-state index contributed by atoms with van der Waals surface area (Å²) in [6.45, 7) is 0. The molecule has 0 radical (unpaired) electrons. The Morgan fingerprint density at radius 3 is 2.08 bits per heavy atom. The molecule has 2 aromatic rings. The van der Waals surface area contributed by atoms with E-state index in [1.807, 2.05) is 0 Å². The van der Waals surface area contributed by atoms with Crippen molar-refractivity contribution in [3.8, 4) is 17.2 Å². The third kappa shape index (κ3) is 2.47. The molecule has 6 nitrogen and oxygen atoms in total. The van der Waals surface area contributed by atoms with Gasteiger partial charge in [-0.05, 0) is 24.3 Å². The number of hydrogen-bond acceptors (Lipinski definition) is 5. The molecule has 1 atom stereocenters. The normalized spacial score (nSPS) is 19.2. The molecule has 1 amide bonds. The summed E-state index contributed by atoms with van der Waals surface area (Å²) < 4.78 is 52.2. The largest absolute Gasteiger partial charge is 0.502 e. The number of fused-ring (bicyclic) bond motifs is 1. The van der Waals surface area contributed by atoms with Crippen molar-refractivity contribution in [1.29, 1.82) is 0 Å². The number of phenols is 1. The van der Waals surface area contributed by atoms with Gasteiger partial charge in [0.15, 0.2) is 11.5 Å². The highest BCUT2D eigenvalue weighted by atomic mass is 19.4. The molecule has 26 heavy (non-hydrogen) atoms. The van der Waals surface area contributed by atoms with E-state index in [0.29, 0.717) is 0 Å². The molecule has 0 aliphatic carbocycles. The van der Waals surface area contributed by atoms with Crippen LogP contribution in [0.1, 0.15) is 5.56 Å². The SMILES string of the molecule is COc1cc([C@@]2(C(F)(F)F)Nc3ccccc3NC2=O)cc(OC)c1O. The van der Waals surface area contributed by atoms with Gasteiger partial charge in [-0.3, -0.25) is 4.79 Å². The van der Waals surface area contributed by atoms with Crippen molar-refractivity contribution >= 4 is 17.3 Å². The number of carbonyl (C=O) groups is 1. The lowest BCUT2D eigenvalue weighted by Crippen LogP contribution is -2.59. The third-order valence-electron chi connectivity index (χ3n) is 4.18. The lowest BCUT2D eigenvalue weighted by molar-refractivity contribution is -0.186. The standard InChI is InChI=1S/C17H15F3N2O4/c1-25-12-7-9(8-13(26-2)14(12)23)16(17(18,19)20)15(24)21-10-5-3-4-6-11(10)22-16/h3-8,22-23H,1-2H3,(H,21,24)/t16-/m1/s1. The highest BCUT2D eigenvalue weighted by molar-refractivity contribution is 6.07. The fraction of sp³-hybridized carbons (Fsp3) is 0.235. The van der Waals surface area contributed by atoms with Crippen LogP contribution < -0.4 is 20.1 Å². The maximum absolute atomic E-state index is 14.1. The first-order chi connectivity index (χ1) is 12.2. The third-order valence-corrected chi connectivity index (χ3v) is 4.18. The van der Waals surface area contributed by atoms with Crippen molar-refractivity contribution in [2.45, 2.75) is 11.7 Å².